The van der Waals surface area contributed by atoms with Gasteiger partial charge in [-0.15, -0.1) is 0 Å². The Labute approximate surface area is 122 Å². The first-order chi connectivity index (χ1) is 10.0. The Balaban J connectivity index is 2.07. The van der Waals surface area contributed by atoms with Gasteiger partial charge in [0.05, 0.1) is 12.5 Å². The standard InChI is InChI=1S/C15H20F2N2O2/c1-21-13-4-5-19(12(8-13)9-18)15(20)7-10-6-11(16)2-3-14(10)17/h2-3,6,12-13H,4-5,7-9,18H2,1H3/t12-,13+/m1/s1. The summed E-state index contributed by atoms with van der Waals surface area (Å²) in [6.07, 6.45) is 1.33. The maximum Gasteiger partial charge on any atom is 0.227 e. The van der Waals surface area contributed by atoms with E-state index in [4.69, 9.17) is 10.5 Å². The van der Waals surface area contributed by atoms with E-state index in [1.165, 1.54) is 0 Å². The predicted molar refractivity (Wildman–Crippen MR) is 74.6 cm³/mol. The summed E-state index contributed by atoms with van der Waals surface area (Å²) < 4.78 is 32.1. The highest BCUT2D eigenvalue weighted by atomic mass is 19.1. The fourth-order valence-corrected chi connectivity index (χ4v) is 2.72. The summed E-state index contributed by atoms with van der Waals surface area (Å²) in [6.45, 7) is 0.855. The van der Waals surface area contributed by atoms with E-state index in [9.17, 15) is 13.6 Å². The second-order valence-electron chi connectivity index (χ2n) is 5.27. The Morgan fingerprint density at radius 2 is 2.24 bits per heavy atom. The highest BCUT2D eigenvalue weighted by molar-refractivity contribution is 5.79. The van der Waals surface area contributed by atoms with E-state index in [0.717, 1.165) is 24.6 Å². The van der Waals surface area contributed by atoms with Crippen molar-refractivity contribution in [1.82, 2.24) is 4.90 Å². The van der Waals surface area contributed by atoms with Crippen molar-refractivity contribution in [2.45, 2.75) is 31.4 Å². The number of likely N-dealkylation sites (tertiary alicyclic amines) is 1. The molecule has 1 amide bonds. The van der Waals surface area contributed by atoms with Crippen molar-refractivity contribution in [2.24, 2.45) is 5.73 Å². The topological polar surface area (TPSA) is 55.6 Å². The van der Waals surface area contributed by atoms with Gasteiger partial charge in [0.2, 0.25) is 5.91 Å². The number of hydrogen-bond acceptors (Lipinski definition) is 3. The van der Waals surface area contributed by atoms with Crippen molar-refractivity contribution in [3.63, 3.8) is 0 Å². The first kappa shape index (κ1) is 15.9. The number of hydrogen-bond donors (Lipinski definition) is 1. The van der Waals surface area contributed by atoms with Crippen molar-refractivity contribution in [1.29, 1.82) is 0 Å². The number of nitrogens with two attached hydrogens (primary N) is 1. The van der Waals surface area contributed by atoms with E-state index in [1.54, 1.807) is 12.0 Å². The number of amides is 1. The van der Waals surface area contributed by atoms with Gasteiger partial charge in [-0.05, 0) is 31.0 Å². The number of methoxy groups -OCH3 is 1. The molecule has 0 radical (unpaired) electrons. The van der Waals surface area contributed by atoms with Crippen LogP contribution >= 0.6 is 0 Å². The van der Waals surface area contributed by atoms with E-state index in [-0.39, 0.29) is 30.0 Å². The summed E-state index contributed by atoms with van der Waals surface area (Å²) in [4.78, 5) is 14.0. The third-order valence-electron chi connectivity index (χ3n) is 3.94. The summed E-state index contributed by atoms with van der Waals surface area (Å²) in [5.74, 6) is -1.35. The fourth-order valence-electron chi connectivity index (χ4n) is 2.72. The molecule has 21 heavy (non-hydrogen) atoms. The molecule has 2 N–H and O–H groups in total. The maximum atomic E-state index is 13.6. The third kappa shape index (κ3) is 3.77. The van der Waals surface area contributed by atoms with Crippen LogP contribution in [0.25, 0.3) is 0 Å². The van der Waals surface area contributed by atoms with Gasteiger partial charge in [0.15, 0.2) is 0 Å². The van der Waals surface area contributed by atoms with Crippen LogP contribution in [0.1, 0.15) is 18.4 Å². The average Bonchev–Trinajstić information content (AvgIpc) is 2.50. The number of piperidine rings is 1. The number of benzene rings is 1. The van der Waals surface area contributed by atoms with Crippen LogP contribution in [0.15, 0.2) is 18.2 Å². The molecular formula is C15H20F2N2O2. The van der Waals surface area contributed by atoms with Crippen LogP contribution in [0, 0.1) is 11.6 Å². The molecule has 1 aromatic carbocycles. The lowest BCUT2D eigenvalue weighted by Crippen LogP contribution is -2.51. The van der Waals surface area contributed by atoms with Crippen LogP contribution in [0.4, 0.5) is 8.78 Å². The van der Waals surface area contributed by atoms with Gasteiger partial charge < -0.3 is 15.4 Å². The Kier molecular flexibility index (Phi) is 5.25. The highest BCUT2D eigenvalue weighted by Crippen LogP contribution is 2.21. The lowest BCUT2D eigenvalue weighted by molar-refractivity contribution is -0.136. The quantitative estimate of drug-likeness (QED) is 0.916. The largest absolute Gasteiger partial charge is 0.381 e. The van der Waals surface area contributed by atoms with Crippen molar-refractivity contribution in [3.8, 4) is 0 Å². The zero-order chi connectivity index (χ0) is 15.4. The number of carbonyl (C=O) groups is 1. The van der Waals surface area contributed by atoms with Crippen LogP contribution in [-0.4, -0.2) is 43.2 Å². The van der Waals surface area contributed by atoms with Crippen LogP contribution in [0.5, 0.6) is 0 Å². The molecule has 1 aromatic rings. The molecule has 1 saturated heterocycles. The molecular weight excluding hydrogens is 278 g/mol. The van der Waals surface area contributed by atoms with Gasteiger partial charge in [0.1, 0.15) is 11.6 Å². The Morgan fingerprint density at radius 1 is 1.48 bits per heavy atom. The first-order valence-corrected chi connectivity index (χ1v) is 7.01. The smallest absolute Gasteiger partial charge is 0.227 e. The molecule has 0 bridgehead atoms. The number of halogens is 2. The highest BCUT2D eigenvalue weighted by Gasteiger charge is 2.30. The number of ether oxygens (including phenoxy) is 1. The third-order valence-corrected chi connectivity index (χ3v) is 3.94. The molecule has 1 aliphatic rings. The Bertz CT molecular complexity index is 510. The molecule has 4 nitrogen and oxygen atoms in total. The van der Waals surface area contributed by atoms with Crippen LogP contribution in [0.2, 0.25) is 0 Å². The summed E-state index contributed by atoms with van der Waals surface area (Å²) in [7, 11) is 1.64. The van der Waals surface area contributed by atoms with Gasteiger partial charge in [-0.2, -0.15) is 0 Å². The zero-order valence-corrected chi connectivity index (χ0v) is 12.0. The lowest BCUT2D eigenvalue weighted by Gasteiger charge is -2.38. The van der Waals surface area contributed by atoms with E-state index < -0.39 is 11.6 Å². The van der Waals surface area contributed by atoms with Gasteiger partial charge in [-0.3, -0.25) is 4.79 Å². The van der Waals surface area contributed by atoms with Gasteiger partial charge in [0, 0.05) is 31.8 Å². The molecule has 1 aliphatic heterocycles. The number of rotatable bonds is 4. The summed E-state index contributed by atoms with van der Waals surface area (Å²) in [5.41, 5.74) is 5.79. The molecule has 0 unspecified atom stereocenters. The van der Waals surface area contributed by atoms with E-state index in [0.29, 0.717) is 19.5 Å². The first-order valence-electron chi connectivity index (χ1n) is 7.01. The summed E-state index contributed by atoms with van der Waals surface area (Å²) in [6, 6.07) is 3.02. The molecule has 1 fully saturated rings. The van der Waals surface area contributed by atoms with Crippen LogP contribution in [0.3, 0.4) is 0 Å². The number of carbonyl (C=O) groups excluding carboxylic acids is 1. The van der Waals surface area contributed by atoms with E-state index >= 15 is 0 Å². The average molecular weight is 298 g/mol. The molecule has 1 heterocycles. The molecule has 116 valence electrons. The molecule has 0 spiro atoms. The van der Waals surface area contributed by atoms with Crippen LogP contribution < -0.4 is 5.73 Å². The normalized spacial score (nSPS) is 22.4. The molecule has 2 atom stereocenters. The Hall–Kier alpha value is -1.53. The van der Waals surface area contributed by atoms with Crippen molar-refractivity contribution < 1.29 is 18.3 Å². The predicted octanol–water partition coefficient (Wildman–Crippen LogP) is 1.47. The van der Waals surface area contributed by atoms with E-state index in [1.807, 2.05) is 0 Å². The molecule has 0 saturated carbocycles. The van der Waals surface area contributed by atoms with Gasteiger partial charge in [-0.25, -0.2) is 8.78 Å². The van der Waals surface area contributed by atoms with Crippen molar-refractivity contribution >= 4 is 5.91 Å². The van der Waals surface area contributed by atoms with Crippen molar-refractivity contribution in [2.75, 3.05) is 20.2 Å². The molecule has 0 aliphatic carbocycles. The second kappa shape index (κ2) is 6.95. The SMILES string of the molecule is CO[C@H]1CCN(C(=O)Cc2cc(F)ccc2F)[C@@H](CN)C1. The number of nitrogens with zero attached hydrogens (tertiary/aromatic N) is 1. The van der Waals surface area contributed by atoms with Crippen molar-refractivity contribution in [3.05, 3.63) is 35.4 Å². The van der Waals surface area contributed by atoms with Crippen LogP contribution in [-0.2, 0) is 16.0 Å². The second-order valence-corrected chi connectivity index (χ2v) is 5.27. The summed E-state index contributed by atoms with van der Waals surface area (Å²) >= 11 is 0. The maximum absolute atomic E-state index is 13.6. The Morgan fingerprint density at radius 3 is 2.90 bits per heavy atom. The molecule has 6 heteroatoms. The van der Waals surface area contributed by atoms with Gasteiger partial charge >= 0.3 is 0 Å². The lowest BCUT2D eigenvalue weighted by atomic mass is 9.98. The fraction of sp³-hybridized carbons (Fsp3) is 0.533. The zero-order valence-electron chi connectivity index (χ0n) is 12.0. The minimum atomic E-state index is -0.569. The van der Waals surface area contributed by atoms with Gasteiger partial charge in [0.25, 0.3) is 0 Å². The minimum Gasteiger partial charge on any atom is -0.381 e. The van der Waals surface area contributed by atoms with Gasteiger partial charge in [-0.1, -0.05) is 0 Å². The molecule has 0 aromatic heterocycles. The molecule has 2 rings (SSSR count). The van der Waals surface area contributed by atoms with E-state index in [2.05, 4.69) is 0 Å². The minimum absolute atomic E-state index is 0.0737. The monoisotopic (exact) mass is 298 g/mol. The summed E-state index contributed by atoms with van der Waals surface area (Å²) in [5, 5.41) is 0.